The Morgan fingerprint density at radius 2 is 2.35 bits per heavy atom. The molecule has 7 heteroatoms. The first-order valence-electron chi connectivity index (χ1n) is 6.68. The van der Waals surface area contributed by atoms with Crippen LogP contribution in [-0.4, -0.2) is 60.4 Å². The van der Waals surface area contributed by atoms with Crippen molar-refractivity contribution < 1.29 is 14.3 Å². The average molecular weight is 280 g/mol. The highest BCUT2D eigenvalue weighted by molar-refractivity contribution is 5.74. The number of nitrogens with zero attached hydrogens (tertiary/aromatic N) is 3. The van der Waals surface area contributed by atoms with Gasteiger partial charge >= 0.3 is 6.03 Å². The van der Waals surface area contributed by atoms with Crippen LogP contribution in [0.15, 0.2) is 18.5 Å². The van der Waals surface area contributed by atoms with Crippen LogP contribution in [0.5, 0.6) is 0 Å². The number of rotatable bonds is 6. The van der Waals surface area contributed by atoms with E-state index in [0.29, 0.717) is 38.7 Å². The highest BCUT2D eigenvalue weighted by Crippen LogP contribution is 2.12. The third kappa shape index (κ3) is 4.14. The summed E-state index contributed by atoms with van der Waals surface area (Å²) in [7, 11) is 1.62. The molecule has 7 nitrogen and oxygen atoms in total. The predicted molar refractivity (Wildman–Crippen MR) is 72.1 cm³/mol. The van der Waals surface area contributed by atoms with E-state index in [1.807, 2.05) is 0 Å². The van der Waals surface area contributed by atoms with E-state index in [1.165, 1.54) is 0 Å². The van der Waals surface area contributed by atoms with E-state index in [-0.39, 0.29) is 12.1 Å². The van der Waals surface area contributed by atoms with Gasteiger partial charge in [0, 0.05) is 32.7 Å². The molecule has 110 valence electrons. The molecule has 1 atom stereocenters. The quantitative estimate of drug-likeness (QED) is 0.817. The van der Waals surface area contributed by atoms with Crippen molar-refractivity contribution in [2.45, 2.75) is 19.0 Å². The molecule has 1 aromatic rings. The topological polar surface area (TPSA) is 76.6 Å². The third-order valence-electron chi connectivity index (χ3n) is 3.16. The number of aromatic nitrogens is 2. The molecule has 2 amide bonds. The molecule has 2 rings (SSSR count). The van der Waals surface area contributed by atoms with Gasteiger partial charge in [0.1, 0.15) is 5.82 Å². The maximum absolute atomic E-state index is 12.3. The van der Waals surface area contributed by atoms with Crippen molar-refractivity contribution in [3.05, 3.63) is 24.3 Å². The summed E-state index contributed by atoms with van der Waals surface area (Å²) < 4.78 is 10.4. The van der Waals surface area contributed by atoms with Gasteiger partial charge in [-0.25, -0.2) is 14.8 Å². The Labute approximate surface area is 118 Å². The van der Waals surface area contributed by atoms with Crippen LogP contribution in [0.3, 0.4) is 0 Å². The fourth-order valence-electron chi connectivity index (χ4n) is 2.08. The smallest absolute Gasteiger partial charge is 0.318 e. The Hall–Kier alpha value is -1.73. The molecule has 20 heavy (non-hydrogen) atoms. The van der Waals surface area contributed by atoms with Gasteiger partial charge in [0.05, 0.1) is 25.8 Å². The molecule has 1 N–H and O–H groups in total. The number of carbonyl (C=O) groups is 1. The summed E-state index contributed by atoms with van der Waals surface area (Å²) in [5.41, 5.74) is 0. The van der Waals surface area contributed by atoms with Crippen molar-refractivity contribution in [2.24, 2.45) is 0 Å². The van der Waals surface area contributed by atoms with E-state index in [9.17, 15) is 4.79 Å². The largest absolute Gasteiger partial charge is 0.383 e. The molecular weight excluding hydrogens is 260 g/mol. The Balaban J connectivity index is 1.88. The van der Waals surface area contributed by atoms with Crippen molar-refractivity contribution in [3.8, 4) is 0 Å². The van der Waals surface area contributed by atoms with Gasteiger partial charge in [0.15, 0.2) is 0 Å². The fourth-order valence-corrected chi connectivity index (χ4v) is 2.08. The lowest BCUT2D eigenvalue weighted by molar-refractivity contribution is 0.116. The second-order valence-corrected chi connectivity index (χ2v) is 4.53. The molecule has 1 aliphatic heterocycles. The minimum atomic E-state index is -0.134. The van der Waals surface area contributed by atoms with Gasteiger partial charge in [-0.15, -0.1) is 0 Å². The van der Waals surface area contributed by atoms with Crippen molar-refractivity contribution in [1.82, 2.24) is 20.2 Å². The van der Waals surface area contributed by atoms with Crippen LogP contribution in [0.25, 0.3) is 0 Å². The van der Waals surface area contributed by atoms with E-state index < -0.39 is 0 Å². The molecule has 1 unspecified atom stereocenters. The summed E-state index contributed by atoms with van der Waals surface area (Å²) in [5.74, 6) is 0.593. The number of urea groups is 1. The molecule has 0 spiro atoms. The van der Waals surface area contributed by atoms with Crippen molar-refractivity contribution >= 4 is 6.03 Å². The number of carbonyl (C=O) groups excluding carboxylic acids is 1. The number of ether oxygens (including phenoxy) is 2. The van der Waals surface area contributed by atoms with E-state index >= 15 is 0 Å². The van der Waals surface area contributed by atoms with Crippen molar-refractivity contribution in [2.75, 3.05) is 33.5 Å². The Morgan fingerprint density at radius 1 is 1.55 bits per heavy atom. The first kappa shape index (κ1) is 14.7. The van der Waals surface area contributed by atoms with Crippen LogP contribution in [0.1, 0.15) is 12.2 Å². The summed E-state index contributed by atoms with van der Waals surface area (Å²) in [4.78, 5) is 22.2. The number of amides is 2. The zero-order valence-electron chi connectivity index (χ0n) is 11.6. The molecule has 1 saturated heterocycles. The van der Waals surface area contributed by atoms with Crippen LogP contribution in [0, 0.1) is 0 Å². The maximum atomic E-state index is 12.3. The second-order valence-electron chi connectivity index (χ2n) is 4.53. The molecule has 0 saturated carbocycles. The van der Waals surface area contributed by atoms with E-state index in [0.717, 1.165) is 6.42 Å². The molecule has 1 fully saturated rings. The fraction of sp³-hybridized carbons (Fsp3) is 0.615. The number of hydrogen-bond donors (Lipinski definition) is 1. The van der Waals surface area contributed by atoms with Gasteiger partial charge in [-0.2, -0.15) is 0 Å². The first-order chi connectivity index (χ1) is 9.81. The summed E-state index contributed by atoms with van der Waals surface area (Å²) in [6, 6.07) is 1.72. The van der Waals surface area contributed by atoms with Crippen LogP contribution in [0.4, 0.5) is 4.79 Å². The van der Waals surface area contributed by atoms with Gasteiger partial charge in [0.2, 0.25) is 0 Å². The highest BCUT2D eigenvalue weighted by atomic mass is 16.5. The number of hydrogen-bond acceptors (Lipinski definition) is 5. The summed E-state index contributed by atoms with van der Waals surface area (Å²) in [5, 5.41) is 2.84. The number of nitrogens with one attached hydrogen (secondary N) is 1. The van der Waals surface area contributed by atoms with Crippen molar-refractivity contribution in [1.29, 1.82) is 0 Å². The number of methoxy groups -OCH3 is 1. The molecule has 2 heterocycles. The summed E-state index contributed by atoms with van der Waals surface area (Å²) >= 11 is 0. The van der Waals surface area contributed by atoms with E-state index in [4.69, 9.17) is 9.47 Å². The predicted octanol–water partition coefficient (Wildman–Crippen LogP) is 0.423. The lowest BCUT2D eigenvalue weighted by Gasteiger charge is -2.27. The van der Waals surface area contributed by atoms with Gasteiger partial charge in [0.25, 0.3) is 0 Å². The third-order valence-corrected chi connectivity index (χ3v) is 3.16. The normalized spacial score (nSPS) is 17.9. The maximum Gasteiger partial charge on any atom is 0.318 e. The zero-order chi connectivity index (χ0) is 14.2. The minimum absolute atomic E-state index is 0.113. The molecule has 1 aliphatic rings. The molecule has 0 bridgehead atoms. The van der Waals surface area contributed by atoms with E-state index in [2.05, 4.69) is 15.3 Å². The zero-order valence-corrected chi connectivity index (χ0v) is 11.6. The van der Waals surface area contributed by atoms with E-state index in [1.54, 1.807) is 30.5 Å². The van der Waals surface area contributed by atoms with Gasteiger partial charge in [-0.3, -0.25) is 0 Å². The Morgan fingerprint density at radius 3 is 3.00 bits per heavy atom. The van der Waals surface area contributed by atoms with Gasteiger partial charge in [-0.05, 0) is 12.5 Å². The van der Waals surface area contributed by atoms with Gasteiger partial charge < -0.3 is 19.7 Å². The summed E-state index contributed by atoms with van der Waals surface area (Å²) in [6.07, 6.45) is 4.17. The minimum Gasteiger partial charge on any atom is -0.383 e. The monoisotopic (exact) mass is 280 g/mol. The SMILES string of the molecule is COCCN(C(=O)NCc1ncccn1)C1CCOC1. The Kier molecular flexibility index (Phi) is 5.69. The van der Waals surface area contributed by atoms with Crippen LogP contribution in [0.2, 0.25) is 0 Å². The standard InChI is InChI=1S/C13H20N4O3/c1-19-8-6-17(11-3-7-20-10-11)13(18)16-9-12-14-4-2-5-15-12/h2,4-5,11H,3,6-10H2,1H3,(H,16,18). The van der Waals surface area contributed by atoms with Crippen LogP contribution in [-0.2, 0) is 16.0 Å². The lowest BCUT2D eigenvalue weighted by Crippen LogP contribution is -2.47. The molecular formula is C13H20N4O3. The average Bonchev–Trinajstić information content (AvgIpc) is 3.01. The Bertz CT molecular complexity index is 409. The first-order valence-corrected chi connectivity index (χ1v) is 6.68. The second kappa shape index (κ2) is 7.76. The molecule has 0 aromatic carbocycles. The van der Waals surface area contributed by atoms with Crippen LogP contribution < -0.4 is 5.32 Å². The molecule has 1 aromatic heterocycles. The van der Waals surface area contributed by atoms with Crippen LogP contribution >= 0.6 is 0 Å². The molecule has 0 radical (unpaired) electrons. The lowest BCUT2D eigenvalue weighted by atomic mass is 10.2. The molecule has 0 aliphatic carbocycles. The van der Waals surface area contributed by atoms with Crippen molar-refractivity contribution in [3.63, 3.8) is 0 Å². The highest BCUT2D eigenvalue weighted by Gasteiger charge is 2.26. The van der Waals surface area contributed by atoms with Gasteiger partial charge in [-0.1, -0.05) is 0 Å². The summed E-state index contributed by atoms with van der Waals surface area (Å²) in [6.45, 7) is 2.65.